The number of halogens is 5. The highest BCUT2D eigenvalue weighted by Gasteiger charge is 2.36. The zero-order valence-electron chi connectivity index (χ0n) is 11.5. The summed E-state index contributed by atoms with van der Waals surface area (Å²) in [6, 6.07) is 1.35. The van der Waals surface area contributed by atoms with Gasteiger partial charge in [0, 0.05) is 6.61 Å². The van der Waals surface area contributed by atoms with Crippen LogP contribution in [0.2, 0.25) is 0 Å². The van der Waals surface area contributed by atoms with Crippen LogP contribution in [0.15, 0.2) is 12.1 Å². The molecule has 1 aromatic carbocycles. The molecule has 0 aliphatic carbocycles. The molecule has 0 spiro atoms. The van der Waals surface area contributed by atoms with Crippen LogP contribution in [0, 0.1) is 11.6 Å². The van der Waals surface area contributed by atoms with Gasteiger partial charge in [0.25, 0.3) is 0 Å². The van der Waals surface area contributed by atoms with E-state index in [1.807, 2.05) is 0 Å². The Kier molecular flexibility index (Phi) is 5.25. The number of benzene rings is 1. The summed E-state index contributed by atoms with van der Waals surface area (Å²) in [5, 5.41) is 0. The summed E-state index contributed by atoms with van der Waals surface area (Å²) < 4.78 is 82.4. The summed E-state index contributed by atoms with van der Waals surface area (Å²) in [5.74, 6) is -4.50. The summed E-state index contributed by atoms with van der Waals surface area (Å²) in [5.41, 5.74) is -0.0838. The van der Waals surface area contributed by atoms with Crippen molar-refractivity contribution in [3.8, 4) is 5.75 Å². The summed E-state index contributed by atoms with van der Waals surface area (Å²) in [6.07, 6.45) is -5.49. The van der Waals surface area contributed by atoms with Crippen LogP contribution < -0.4 is 10.2 Å². The van der Waals surface area contributed by atoms with Gasteiger partial charge in [-0.1, -0.05) is 0 Å². The van der Waals surface area contributed by atoms with Crippen molar-refractivity contribution in [2.45, 2.75) is 19.4 Å². The summed E-state index contributed by atoms with van der Waals surface area (Å²) in [7, 11) is -1.08. The number of alkyl halides is 3. The van der Waals surface area contributed by atoms with Crippen molar-refractivity contribution in [2.24, 2.45) is 0 Å². The van der Waals surface area contributed by atoms with Crippen LogP contribution in [0.4, 0.5) is 22.0 Å². The number of hydrogen-bond acceptors (Lipinski definition) is 4. The van der Waals surface area contributed by atoms with Crippen LogP contribution >= 0.6 is 0 Å². The van der Waals surface area contributed by atoms with Gasteiger partial charge in [0.2, 0.25) is 5.75 Å². The van der Waals surface area contributed by atoms with Crippen LogP contribution in [0.3, 0.4) is 0 Å². The van der Waals surface area contributed by atoms with Crippen LogP contribution in [0.1, 0.15) is 6.92 Å². The molecule has 1 fully saturated rings. The zero-order valence-corrected chi connectivity index (χ0v) is 11.5. The normalized spacial score (nSPS) is 16.9. The molecule has 122 valence electrons. The van der Waals surface area contributed by atoms with E-state index in [4.69, 9.17) is 14.0 Å². The minimum absolute atomic E-state index is 0.0838. The molecule has 1 heterocycles. The molecule has 22 heavy (non-hydrogen) atoms. The van der Waals surface area contributed by atoms with Crippen molar-refractivity contribution >= 4 is 12.6 Å². The average Bonchev–Trinajstić information content (AvgIpc) is 2.43. The maximum absolute atomic E-state index is 13.6. The first-order valence-corrected chi connectivity index (χ1v) is 6.39. The molecule has 1 saturated heterocycles. The molecule has 2 rings (SSSR count). The lowest BCUT2D eigenvalue weighted by molar-refractivity contribution is -0.276. The molecule has 4 nitrogen and oxygen atoms in total. The minimum atomic E-state index is -5.19. The molecule has 1 aromatic rings. The molecule has 0 radical (unpaired) electrons. The second-order valence-electron chi connectivity index (χ2n) is 4.44. The highest BCUT2D eigenvalue weighted by atomic mass is 19.4. The highest BCUT2D eigenvalue weighted by molar-refractivity contribution is 6.61. The van der Waals surface area contributed by atoms with Gasteiger partial charge in [0.15, 0.2) is 11.6 Å². The van der Waals surface area contributed by atoms with Crippen LogP contribution in [-0.2, 0) is 14.0 Å². The van der Waals surface area contributed by atoms with Crippen LogP contribution in [0.5, 0.6) is 5.75 Å². The third-order valence-corrected chi connectivity index (χ3v) is 2.78. The quantitative estimate of drug-likeness (QED) is 0.627. The Morgan fingerprint density at radius 3 is 2.18 bits per heavy atom. The fraction of sp³-hybridized carbons (Fsp3) is 0.500. The highest BCUT2D eigenvalue weighted by Crippen LogP contribution is 2.27. The third kappa shape index (κ3) is 4.31. The fourth-order valence-electron chi connectivity index (χ4n) is 1.94. The van der Waals surface area contributed by atoms with Crippen LogP contribution in [0.25, 0.3) is 0 Å². The smallest absolute Gasteiger partial charge is 0.404 e. The van der Waals surface area contributed by atoms with Gasteiger partial charge < -0.3 is 18.8 Å². The molecule has 10 heteroatoms. The molecule has 0 unspecified atom stereocenters. The van der Waals surface area contributed by atoms with Gasteiger partial charge in [0.05, 0.1) is 13.2 Å². The van der Waals surface area contributed by atoms with Gasteiger partial charge in [0.1, 0.15) is 6.10 Å². The molecule has 0 N–H and O–H groups in total. The Morgan fingerprint density at radius 1 is 1.18 bits per heavy atom. The van der Waals surface area contributed by atoms with Gasteiger partial charge >= 0.3 is 13.5 Å². The van der Waals surface area contributed by atoms with E-state index in [1.54, 1.807) is 6.92 Å². The molecule has 1 aliphatic rings. The summed E-state index contributed by atoms with van der Waals surface area (Å²) >= 11 is 0. The lowest BCUT2D eigenvalue weighted by atomic mass is 9.77. The first kappa shape index (κ1) is 17.0. The van der Waals surface area contributed by atoms with E-state index in [0.717, 1.165) is 0 Å². The van der Waals surface area contributed by atoms with E-state index in [2.05, 4.69) is 4.74 Å². The number of hydrogen-bond donors (Lipinski definition) is 0. The first-order chi connectivity index (χ1) is 10.3. The monoisotopic (exact) mass is 326 g/mol. The van der Waals surface area contributed by atoms with E-state index < -0.39 is 30.9 Å². The predicted octanol–water partition coefficient (Wildman–Crippen LogP) is 2.01. The molecular weight excluding hydrogens is 314 g/mol. The first-order valence-electron chi connectivity index (χ1n) is 6.39. The Morgan fingerprint density at radius 2 is 1.73 bits per heavy atom. The van der Waals surface area contributed by atoms with Crippen molar-refractivity contribution in [1.82, 2.24) is 0 Å². The van der Waals surface area contributed by atoms with E-state index in [-0.39, 0.29) is 24.8 Å². The van der Waals surface area contributed by atoms with E-state index in [1.165, 1.54) is 0 Å². The van der Waals surface area contributed by atoms with E-state index >= 15 is 0 Å². The van der Waals surface area contributed by atoms with Gasteiger partial charge in [-0.3, -0.25) is 0 Å². The molecule has 1 aliphatic heterocycles. The van der Waals surface area contributed by atoms with Crippen molar-refractivity contribution < 1.29 is 40.7 Å². The van der Waals surface area contributed by atoms with Crippen molar-refractivity contribution in [1.29, 1.82) is 0 Å². The van der Waals surface area contributed by atoms with Gasteiger partial charge in [-0.05, 0) is 24.5 Å². The molecule has 0 aromatic heterocycles. The van der Waals surface area contributed by atoms with Gasteiger partial charge in [-0.25, -0.2) is 8.78 Å². The second kappa shape index (κ2) is 6.80. The SMILES string of the molecule is CCOC1COB(c2cc(F)c(OC(F)(F)F)c(F)c2)OC1. The lowest BCUT2D eigenvalue weighted by Gasteiger charge is -2.27. The maximum Gasteiger partial charge on any atom is 0.573 e. The van der Waals surface area contributed by atoms with E-state index in [9.17, 15) is 22.0 Å². The Balaban J connectivity index is 2.11. The molecule has 0 amide bonds. The molecule has 0 atom stereocenters. The zero-order chi connectivity index (χ0) is 16.3. The van der Waals surface area contributed by atoms with Gasteiger partial charge in [-0.2, -0.15) is 0 Å². The third-order valence-electron chi connectivity index (χ3n) is 2.78. The second-order valence-corrected chi connectivity index (χ2v) is 4.44. The topological polar surface area (TPSA) is 36.9 Å². The summed E-state index contributed by atoms with van der Waals surface area (Å²) in [6.45, 7) is 2.52. The molecular formula is C12H12BF5O4. The minimum Gasteiger partial charge on any atom is -0.404 e. The van der Waals surface area contributed by atoms with Crippen molar-refractivity contribution in [3.05, 3.63) is 23.8 Å². The Bertz CT molecular complexity index is 494. The molecule has 0 bridgehead atoms. The number of rotatable bonds is 4. The van der Waals surface area contributed by atoms with E-state index in [0.29, 0.717) is 18.7 Å². The maximum atomic E-state index is 13.6. The predicted molar refractivity (Wildman–Crippen MR) is 65.7 cm³/mol. The van der Waals surface area contributed by atoms with Gasteiger partial charge in [-0.15, -0.1) is 13.2 Å². The fourth-order valence-corrected chi connectivity index (χ4v) is 1.94. The van der Waals surface area contributed by atoms with Crippen LogP contribution in [-0.4, -0.2) is 39.4 Å². The standard InChI is InChI=1S/C12H12BF5O4/c1-2-19-8-5-20-13(21-6-8)7-3-9(14)11(10(15)4-7)22-12(16,17)18/h3-4,8H,2,5-6H2,1H3. The van der Waals surface area contributed by atoms with Crippen molar-refractivity contribution in [2.75, 3.05) is 19.8 Å². The Labute approximate surface area is 123 Å². The Hall–Kier alpha value is -1.39. The van der Waals surface area contributed by atoms with Crippen molar-refractivity contribution in [3.63, 3.8) is 0 Å². The summed E-state index contributed by atoms with van der Waals surface area (Å²) in [4.78, 5) is 0. The largest absolute Gasteiger partial charge is 0.573 e. The number of ether oxygens (including phenoxy) is 2. The lowest BCUT2D eigenvalue weighted by Crippen LogP contribution is -2.47. The molecule has 0 saturated carbocycles. The average molecular weight is 326 g/mol.